The first-order chi connectivity index (χ1) is 29.3. The lowest BCUT2D eigenvalue weighted by Crippen LogP contribution is -2.60. The molecule has 0 bridgehead atoms. The molecule has 5 N–H and O–H groups in total. The van der Waals surface area contributed by atoms with Gasteiger partial charge in [-0.25, -0.2) is 9.78 Å². The van der Waals surface area contributed by atoms with Crippen LogP contribution in [0.15, 0.2) is 48.7 Å². The average molecular weight is 868 g/mol. The molecule has 2 aromatic rings. The lowest BCUT2D eigenvalue weighted by molar-refractivity contribution is -0.148. The molecule has 0 aliphatic carbocycles. The van der Waals surface area contributed by atoms with Crippen LogP contribution in [0.3, 0.4) is 0 Å². The van der Waals surface area contributed by atoms with Gasteiger partial charge in [-0.05, 0) is 61.8 Å². The summed E-state index contributed by atoms with van der Waals surface area (Å²) in [4.78, 5) is 77.1. The van der Waals surface area contributed by atoms with Crippen LogP contribution in [0.25, 0.3) is 0 Å². The van der Waals surface area contributed by atoms with Crippen molar-refractivity contribution in [2.45, 2.75) is 136 Å². The number of carbonyl (C=O) groups excluding carboxylic acids is 5. The second-order valence-electron chi connectivity index (χ2n) is 17.5. The van der Waals surface area contributed by atoms with Crippen molar-refractivity contribution < 1.29 is 43.3 Å². The van der Waals surface area contributed by atoms with Crippen LogP contribution in [-0.4, -0.2) is 132 Å². The molecule has 1 fully saturated rings. The van der Waals surface area contributed by atoms with E-state index in [1.807, 2.05) is 83.8 Å². The third-order valence-corrected chi connectivity index (χ3v) is 12.3. The number of aliphatic hydroxyl groups is 1. The zero-order valence-electron chi connectivity index (χ0n) is 38.9. The number of primary amides is 1. The number of hydrogen-bond donors (Lipinski definition) is 4. The molecule has 1 saturated heterocycles. The molecule has 0 spiro atoms. The number of likely N-dealkylation sites (tertiary alicyclic amines) is 1. The molecule has 3 rings (SSSR count). The number of nitrogens with zero attached hydrogens (tertiary/aromatic N) is 4. The van der Waals surface area contributed by atoms with Gasteiger partial charge in [0.1, 0.15) is 6.04 Å². The molecule has 0 saturated carbocycles. The van der Waals surface area contributed by atoms with Crippen molar-refractivity contribution in [1.29, 1.82) is 0 Å². The van der Waals surface area contributed by atoms with Gasteiger partial charge >= 0.3 is 6.09 Å². The van der Waals surface area contributed by atoms with E-state index < -0.39 is 54.5 Å². The van der Waals surface area contributed by atoms with Crippen molar-refractivity contribution in [2.75, 3.05) is 34.9 Å². The number of likely N-dealkylation sites (N-methyl/N-ethyl adjacent to an activating group) is 2. The van der Waals surface area contributed by atoms with Crippen molar-refractivity contribution in [1.82, 2.24) is 30.3 Å². The summed E-state index contributed by atoms with van der Waals surface area (Å²) in [5, 5.41) is 16.9. The summed E-state index contributed by atoms with van der Waals surface area (Å²) in [6.07, 6.45) is 0.371. The fourth-order valence-electron chi connectivity index (χ4n) is 8.76. The Morgan fingerprint density at radius 1 is 0.935 bits per heavy atom. The Labute approximate surface area is 368 Å². The van der Waals surface area contributed by atoms with Gasteiger partial charge in [0.2, 0.25) is 29.5 Å². The lowest BCUT2D eigenvalue weighted by Gasteiger charge is -2.41. The number of amides is 5. The van der Waals surface area contributed by atoms with Crippen LogP contribution in [0.5, 0.6) is 5.88 Å². The standard InChI is InChI=1S/C46H73N7O9/c1-13-29(6)40(52(10)45(58)38(27(2)3)50-44(57)39(28(4)5)51(9)26-32-21-22-48-36(24-32)62-46(47)59)35(60-11)25-37(54)53-23-17-20-34(53)42(61-12)30(7)43(56)49-31(8)41(55)33-18-15-14-16-19-33/h14-16,18-19,21-22,24,27-31,34-35,38-42,55H,13,17,20,23,25-26H2,1-12H3,(H2,47,59)(H,49,56)(H,50,57)/t29?,30?,31?,34-,35?,38?,39?,40?,41?,42?/m0/s1. The van der Waals surface area contributed by atoms with Crippen molar-refractivity contribution in [3.63, 3.8) is 0 Å². The minimum absolute atomic E-state index is 0.0168. The molecule has 1 aromatic heterocycles. The Bertz CT molecular complexity index is 1760. The first-order valence-corrected chi connectivity index (χ1v) is 21.8. The number of nitrogens with one attached hydrogen (secondary N) is 2. The summed E-state index contributed by atoms with van der Waals surface area (Å²) in [5.41, 5.74) is 6.60. The number of hydrogen-bond acceptors (Lipinski definition) is 11. The molecule has 1 aromatic carbocycles. The molecule has 62 heavy (non-hydrogen) atoms. The Kier molecular flexibility index (Phi) is 20.2. The van der Waals surface area contributed by atoms with E-state index in [2.05, 4.69) is 15.6 Å². The molecule has 0 radical (unpaired) electrons. The molecule has 2 heterocycles. The van der Waals surface area contributed by atoms with E-state index in [4.69, 9.17) is 19.9 Å². The van der Waals surface area contributed by atoms with Crippen LogP contribution in [0, 0.1) is 23.7 Å². The molecule has 1 aliphatic rings. The molecule has 9 unspecified atom stereocenters. The first kappa shape index (κ1) is 51.7. The van der Waals surface area contributed by atoms with E-state index in [0.717, 1.165) is 12.0 Å². The van der Waals surface area contributed by atoms with Gasteiger partial charge in [0.05, 0.1) is 54.8 Å². The van der Waals surface area contributed by atoms with Crippen LogP contribution in [0.4, 0.5) is 4.79 Å². The molecule has 16 heteroatoms. The fraction of sp³-hybridized carbons (Fsp3) is 0.652. The highest BCUT2D eigenvalue weighted by atomic mass is 16.6. The smallest absolute Gasteiger partial charge is 0.391 e. The highest BCUT2D eigenvalue weighted by molar-refractivity contribution is 5.90. The van der Waals surface area contributed by atoms with E-state index in [1.54, 1.807) is 57.0 Å². The molecular weight excluding hydrogens is 795 g/mol. The summed E-state index contributed by atoms with van der Waals surface area (Å²) >= 11 is 0. The Balaban J connectivity index is 1.77. The second kappa shape index (κ2) is 24.3. The predicted molar refractivity (Wildman–Crippen MR) is 236 cm³/mol. The topological polar surface area (TPSA) is 206 Å². The molecule has 5 amide bonds. The lowest BCUT2D eigenvalue weighted by atomic mass is 9.89. The van der Waals surface area contributed by atoms with Crippen molar-refractivity contribution in [3.05, 3.63) is 59.8 Å². The second-order valence-corrected chi connectivity index (χ2v) is 17.5. The van der Waals surface area contributed by atoms with Crippen LogP contribution in [0.1, 0.15) is 98.3 Å². The summed E-state index contributed by atoms with van der Waals surface area (Å²) in [5.74, 6) is -2.16. The van der Waals surface area contributed by atoms with Gasteiger partial charge in [-0.2, -0.15) is 0 Å². The third kappa shape index (κ3) is 13.7. The van der Waals surface area contributed by atoms with E-state index >= 15 is 0 Å². The normalized spacial score (nSPS) is 18.6. The third-order valence-electron chi connectivity index (χ3n) is 12.3. The van der Waals surface area contributed by atoms with Gasteiger partial charge in [-0.1, -0.05) is 85.2 Å². The number of methoxy groups -OCH3 is 2. The van der Waals surface area contributed by atoms with Gasteiger partial charge in [0.15, 0.2) is 0 Å². The number of pyridine rings is 1. The van der Waals surface area contributed by atoms with Crippen molar-refractivity contribution in [2.24, 2.45) is 29.4 Å². The molecule has 1 aliphatic heterocycles. The monoisotopic (exact) mass is 868 g/mol. The van der Waals surface area contributed by atoms with Gasteiger partial charge in [0.25, 0.3) is 0 Å². The number of nitrogens with two attached hydrogens (primary N) is 1. The van der Waals surface area contributed by atoms with E-state index in [-0.39, 0.29) is 59.7 Å². The summed E-state index contributed by atoms with van der Waals surface area (Å²) < 4.78 is 16.9. The van der Waals surface area contributed by atoms with E-state index in [9.17, 15) is 29.1 Å². The highest BCUT2D eigenvalue weighted by Crippen LogP contribution is 2.30. The number of aliphatic hydroxyl groups excluding tert-OH is 1. The fourth-order valence-corrected chi connectivity index (χ4v) is 8.76. The quantitative estimate of drug-likeness (QED) is 0.124. The Morgan fingerprint density at radius 3 is 2.16 bits per heavy atom. The minimum atomic E-state index is -0.979. The number of aromatic nitrogens is 1. The summed E-state index contributed by atoms with van der Waals surface area (Å²) in [7, 11) is 6.60. The maximum Gasteiger partial charge on any atom is 0.411 e. The van der Waals surface area contributed by atoms with Crippen LogP contribution >= 0.6 is 0 Å². The molecular formula is C46H73N7O9. The minimum Gasteiger partial charge on any atom is -0.391 e. The number of ether oxygens (including phenoxy) is 3. The zero-order chi connectivity index (χ0) is 46.4. The average Bonchev–Trinajstić information content (AvgIpc) is 3.71. The Hall–Kier alpha value is -4.64. The van der Waals surface area contributed by atoms with Crippen LogP contribution in [-0.2, 0) is 35.2 Å². The maximum absolute atomic E-state index is 14.6. The SMILES string of the molecule is CCC(C)C(C(CC(=O)N1CCC[C@H]1C(OC)C(C)C(=O)NC(C)C(O)c1ccccc1)OC)N(C)C(=O)C(NC(=O)C(C(C)C)N(C)Cc1ccnc(OC(N)=O)c1)C(C)C. The number of rotatable bonds is 23. The van der Waals surface area contributed by atoms with Gasteiger partial charge in [-0.15, -0.1) is 0 Å². The zero-order valence-corrected chi connectivity index (χ0v) is 38.9. The van der Waals surface area contributed by atoms with Crippen LogP contribution < -0.4 is 21.1 Å². The summed E-state index contributed by atoms with van der Waals surface area (Å²) in [6.45, 7) is 16.0. The number of benzene rings is 1. The Morgan fingerprint density at radius 2 is 1.60 bits per heavy atom. The predicted octanol–water partition coefficient (Wildman–Crippen LogP) is 4.29. The van der Waals surface area contributed by atoms with Gasteiger partial charge in [0, 0.05) is 46.6 Å². The van der Waals surface area contributed by atoms with Gasteiger partial charge in [-0.3, -0.25) is 24.1 Å². The molecule has 346 valence electrons. The van der Waals surface area contributed by atoms with Crippen molar-refractivity contribution >= 4 is 29.7 Å². The van der Waals surface area contributed by atoms with Crippen LogP contribution in [0.2, 0.25) is 0 Å². The number of carbonyl (C=O) groups is 5. The largest absolute Gasteiger partial charge is 0.411 e. The van der Waals surface area contributed by atoms with E-state index in [0.29, 0.717) is 31.5 Å². The maximum atomic E-state index is 14.6. The highest BCUT2D eigenvalue weighted by Gasteiger charge is 2.43. The summed E-state index contributed by atoms with van der Waals surface area (Å²) in [6, 6.07) is 9.51. The van der Waals surface area contributed by atoms with Gasteiger partial charge < -0.3 is 45.5 Å². The first-order valence-electron chi connectivity index (χ1n) is 21.8. The van der Waals surface area contributed by atoms with Crippen molar-refractivity contribution in [3.8, 4) is 5.88 Å². The molecule has 16 nitrogen and oxygen atoms in total. The van der Waals surface area contributed by atoms with E-state index in [1.165, 1.54) is 6.20 Å². The molecule has 10 atom stereocenters.